The van der Waals surface area contributed by atoms with Crippen LogP contribution in [0.25, 0.3) is 10.2 Å². The van der Waals surface area contributed by atoms with Crippen LogP contribution in [0, 0.1) is 19.8 Å². The van der Waals surface area contributed by atoms with E-state index in [2.05, 4.69) is 33.6 Å². The Kier molecular flexibility index (Phi) is 4.63. The molecule has 2 aromatic rings. The zero-order chi connectivity index (χ0) is 17.4. The predicted molar refractivity (Wildman–Crippen MR) is 102 cm³/mol. The van der Waals surface area contributed by atoms with Crippen LogP contribution in [0.15, 0.2) is 6.33 Å². The lowest BCUT2D eigenvalue weighted by Crippen LogP contribution is -2.44. The molecule has 2 saturated heterocycles. The highest BCUT2D eigenvalue weighted by molar-refractivity contribution is 7.18. The second kappa shape index (κ2) is 6.90. The van der Waals surface area contributed by atoms with Crippen molar-refractivity contribution in [1.29, 1.82) is 0 Å². The minimum atomic E-state index is 0.192. The van der Waals surface area contributed by atoms with Gasteiger partial charge in [0.25, 0.3) is 0 Å². The Morgan fingerprint density at radius 1 is 1.08 bits per heavy atom. The van der Waals surface area contributed by atoms with Crippen molar-refractivity contribution in [3.8, 4) is 0 Å². The van der Waals surface area contributed by atoms with Gasteiger partial charge in [-0.3, -0.25) is 4.79 Å². The van der Waals surface area contributed by atoms with Gasteiger partial charge >= 0.3 is 0 Å². The molecule has 0 bridgehead atoms. The van der Waals surface area contributed by atoms with Crippen molar-refractivity contribution in [2.45, 2.75) is 46.0 Å². The third-order valence-corrected chi connectivity index (χ3v) is 6.87. The first kappa shape index (κ1) is 16.8. The van der Waals surface area contributed by atoms with E-state index in [9.17, 15) is 4.79 Å². The topological polar surface area (TPSA) is 49.3 Å². The first-order chi connectivity index (χ1) is 12.1. The normalized spacial score (nSPS) is 19.6. The quantitative estimate of drug-likeness (QED) is 0.824. The number of nitrogens with zero attached hydrogens (tertiary/aromatic N) is 4. The van der Waals surface area contributed by atoms with Gasteiger partial charge in [-0.05, 0) is 51.5 Å². The first-order valence-corrected chi connectivity index (χ1v) is 10.2. The molecule has 134 valence electrons. The van der Waals surface area contributed by atoms with E-state index in [4.69, 9.17) is 0 Å². The SMILES string of the molecule is Cc1sc2ncnc(N3CCC(C(=O)N4CCCCC4)CC3)c2c1C. The standard InChI is InChI=1S/C19H26N4OS/c1-13-14(2)25-18-16(13)17(20-12-21-18)22-10-6-15(7-11-22)19(24)23-8-4-3-5-9-23/h12,15H,3-11H2,1-2H3. The summed E-state index contributed by atoms with van der Waals surface area (Å²) in [5, 5.41) is 1.20. The summed E-state index contributed by atoms with van der Waals surface area (Å²) in [6.07, 6.45) is 7.15. The van der Waals surface area contributed by atoms with Crippen molar-refractivity contribution < 1.29 is 4.79 Å². The maximum absolute atomic E-state index is 12.7. The molecule has 2 aliphatic rings. The van der Waals surface area contributed by atoms with Crippen LogP contribution < -0.4 is 4.90 Å². The number of aryl methyl sites for hydroxylation is 2. The molecule has 2 aliphatic heterocycles. The Morgan fingerprint density at radius 2 is 1.80 bits per heavy atom. The van der Waals surface area contributed by atoms with Gasteiger partial charge in [-0.1, -0.05) is 0 Å². The number of anilines is 1. The summed E-state index contributed by atoms with van der Waals surface area (Å²) in [5.74, 6) is 1.63. The Morgan fingerprint density at radius 3 is 2.52 bits per heavy atom. The van der Waals surface area contributed by atoms with E-state index >= 15 is 0 Å². The van der Waals surface area contributed by atoms with E-state index in [-0.39, 0.29) is 5.92 Å². The van der Waals surface area contributed by atoms with Crippen LogP contribution in [0.4, 0.5) is 5.82 Å². The molecule has 0 N–H and O–H groups in total. The summed E-state index contributed by atoms with van der Waals surface area (Å²) < 4.78 is 0. The lowest BCUT2D eigenvalue weighted by atomic mass is 9.94. The van der Waals surface area contributed by atoms with Crippen LogP contribution in [0.3, 0.4) is 0 Å². The van der Waals surface area contributed by atoms with E-state index in [1.807, 2.05) is 0 Å². The smallest absolute Gasteiger partial charge is 0.225 e. The fourth-order valence-electron chi connectivity index (χ4n) is 4.11. The highest BCUT2D eigenvalue weighted by atomic mass is 32.1. The molecule has 0 saturated carbocycles. The Hall–Kier alpha value is -1.69. The van der Waals surface area contributed by atoms with Crippen molar-refractivity contribution in [3.05, 3.63) is 16.8 Å². The highest BCUT2D eigenvalue weighted by Crippen LogP contribution is 2.35. The fraction of sp³-hybridized carbons (Fsp3) is 0.632. The molecule has 2 fully saturated rings. The number of thiophene rings is 1. The molecule has 4 heterocycles. The van der Waals surface area contributed by atoms with Gasteiger partial charge in [-0.15, -0.1) is 11.3 Å². The van der Waals surface area contributed by atoms with Crippen molar-refractivity contribution in [3.63, 3.8) is 0 Å². The number of fused-ring (bicyclic) bond motifs is 1. The molecule has 1 amide bonds. The summed E-state index contributed by atoms with van der Waals surface area (Å²) >= 11 is 1.74. The van der Waals surface area contributed by atoms with Gasteiger partial charge in [0.1, 0.15) is 17.0 Å². The van der Waals surface area contributed by atoms with Gasteiger partial charge in [0.05, 0.1) is 5.39 Å². The number of likely N-dealkylation sites (tertiary alicyclic amines) is 1. The number of aromatic nitrogens is 2. The summed E-state index contributed by atoms with van der Waals surface area (Å²) in [7, 11) is 0. The average Bonchev–Trinajstić information content (AvgIpc) is 2.96. The number of carbonyl (C=O) groups excluding carboxylic acids is 1. The molecule has 6 heteroatoms. The molecular formula is C19H26N4OS. The van der Waals surface area contributed by atoms with Crippen LogP contribution in [-0.4, -0.2) is 47.0 Å². The summed E-state index contributed by atoms with van der Waals surface area (Å²) in [6, 6.07) is 0. The highest BCUT2D eigenvalue weighted by Gasteiger charge is 2.30. The molecule has 0 aromatic carbocycles. The molecule has 0 radical (unpaired) electrons. The second-order valence-electron chi connectivity index (χ2n) is 7.31. The van der Waals surface area contributed by atoms with Gasteiger partial charge < -0.3 is 9.80 Å². The summed E-state index contributed by atoms with van der Waals surface area (Å²) in [6.45, 7) is 8.04. The Balaban J connectivity index is 1.48. The van der Waals surface area contributed by atoms with E-state index in [0.29, 0.717) is 5.91 Å². The van der Waals surface area contributed by atoms with E-state index < -0.39 is 0 Å². The lowest BCUT2D eigenvalue weighted by molar-refractivity contribution is -0.137. The zero-order valence-electron chi connectivity index (χ0n) is 15.1. The third kappa shape index (κ3) is 3.12. The van der Waals surface area contributed by atoms with Crippen LogP contribution >= 0.6 is 11.3 Å². The van der Waals surface area contributed by atoms with E-state index in [1.165, 1.54) is 35.1 Å². The summed E-state index contributed by atoms with van der Waals surface area (Å²) in [4.78, 5) is 28.6. The van der Waals surface area contributed by atoms with Crippen molar-refractivity contribution >= 4 is 33.3 Å². The number of piperidine rings is 2. The van der Waals surface area contributed by atoms with E-state index in [0.717, 1.165) is 49.7 Å². The number of carbonyl (C=O) groups is 1. The van der Waals surface area contributed by atoms with Gasteiger partial charge in [0.2, 0.25) is 5.91 Å². The number of rotatable bonds is 2. The van der Waals surface area contributed by atoms with Crippen molar-refractivity contribution in [2.75, 3.05) is 31.1 Å². The van der Waals surface area contributed by atoms with Crippen molar-refractivity contribution in [1.82, 2.24) is 14.9 Å². The molecular weight excluding hydrogens is 332 g/mol. The predicted octanol–water partition coefficient (Wildman–Crippen LogP) is 3.54. The van der Waals surface area contributed by atoms with Crippen LogP contribution in [0.5, 0.6) is 0 Å². The van der Waals surface area contributed by atoms with E-state index in [1.54, 1.807) is 17.7 Å². The largest absolute Gasteiger partial charge is 0.356 e. The maximum Gasteiger partial charge on any atom is 0.225 e. The molecule has 5 nitrogen and oxygen atoms in total. The van der Waals surface area contributed by atoms with Crippen molar-refractivity contribution in [2.24, 2.45) is 5.92 Å². The van der Waals surface area contributed by atoms with Crippen LogP contribution in [0.1, 0.15) is 42.5 Å². The van der Waals surface area contributed by atoms with Gasteiger partial charge in [-0.25, -0.2) is 9.97 Å². The lowest BCUT2D eigenvalue weighted by Gasteiger charge is -2.36. The third-order valence-electron chi connectivity index (χ3n) is 5.76. The maximum atomic E-state index is 12.7. The Bertz CT molecular complexity index is 773. The zero-order valence-corrected chi connectivity index (χ0v) is 15.9. The average molecular weight is 359 g/mol. The molecule has 2 aromatic heterocycles. The monoisotopic (exact) mass is 358 g/mol. The molecule has 0 atom stereocenters. The fourth-order valence-corrected chi connectivity index (χ4v) is 5.11. The van der Waals surface area contributed by atoms with Crippen LogP contribution in [0.2, 0.25) is 0 Å². The second-order valence-corrected chi connectivity index (χ2v) is 8.51. The minimum Gasteiger partial charge on any atom is -0.356 e. The van der Waals surface area contributed by atoms with Gasteiger partial charge in [-0.2, -0.15) is 0 Å². The molecule has 0 spiro atoms. The number of amides is 1. The van der Waals surface area contributed by atoms with Gasteiger partial charge in [0.15, 0.2) is 0 Å². The first-order valence-electron chi connectivity index (χ1n) is 9.39. The number of hydrogen-bond donors (Lipinski definition) is 0. The molecule has 25 heavy (non-hydrogen) atoms. The molecule has 4 rings (SSSR count). The minimum absolute atomic E-state index is 0.192. The summed E-state index contributed by atoms with van der Waals surface area (Å²) in [5.41, 5.74) is 1.29. The van der Waals surface area contributed by atoms with Crippen LogP contribution in [-0.2, 0) is 4.79 Å². The van der Waals surface area contributed by atoms with Gasteiger partial charge in [0, 0.05) is 37.0 Å². The molecule has 0 unspecified atom stereocenters. The number of hydrogen-bond acceptors (Lipinski definition) is 5. The molecule has 0 aliphatic carbocycles. The Labute approximate surface area is 153 Å².